The zero-order valence-corrected chi connectivity index (χ0v) is 13.3. The maximum absolute atomic E-state index is 12.3. The van der Waals surface area contributed by atoms with E-state index < -0.39 is 0 Å². The summed E-state index contributed by atoms with van der Waals surface area (Å²) in [5.74, 6) is 0.796. The van der Waals surface area contributed by atoms with Gasteiger partial charge in [-0.1, -0.05) is 30.2 Å². The molecule has 1 fully saturated rings. The van der Waals surface area contributed by atoms with E-state index >= 15 is 0 Å². The maximum atomic E-state index is 12.3. The predicted molar refractivity (Wildman–Crippen MR) is 85.3 cm³/mol. The van der Waals surface area contributed by atoms with Crippen molar-refractivity contribution in [1.82, 2.24) is 10.6 Å². The quantitative estimate of drug-likeness (QED) is 0.876. The molecule has 2 unspecified atom stereocenters. The van der Waals surface area contributed by atoms with Crippen molar-refractivity contribution < 1.29 is 9.53 Å². The Hall–Kier alpha value is -0.970. The van der Waals surface area contributed by atoms with Crippen molar-refractivity contribution in [2.75, 3.05) is 13.2 Å². The fraction of sp³-hybridized carbons (Fsp3) is 0.533. The smallest absolute Gasteiger partial charge is 0.237 e. The van der Waals surface area contributed by atoms with E-state index in [0.717, 1.165) is 37.8 Å². The average Bonchev–Trinajstić information content (AvgIpc) is 2.49. The van der Waals surface area contributed by atoms with Crippen molar-refractivity contribution in [3.8, 4) is 5.75 Å². The minimum absolute atomic E-state index is 0. The molecule has 0 aliphatic carbocycles. The molecule has 4 nitrogen and oxygen atoms in total. The first-order chi connectivity index (χ1) is 9.75. The summed E-state index contributed by atoms with van der Waals surface area (Å²) in [5.41, 5.74) is 0.980. The van der Waals surface area contributed by atoms with Crippen LogP contribution in [0.2, 0.25) is 5.02 Å². The molecule has 3 rings (SSSR count). The Bertz CT molecular complexity index is 504. The summed E-state index contributed by atoms with van der Waals surface area (Å²) in [6, 6.07) is 5.61. The van der Waals surface area contributed by atoms with Crippen molar-refractivity contribution in [2.45, 2.75) is 37.8 Å². The molecule has 0 radical (unpaired) electrons. The summed E-state index contributed by atoms with van der Waals surface area (Å²) in [6.07, 6.45) is 3.96. The zero-order chi connectivity index (χ0) is 13.9. The SMILES string of the molecule is Cl.O=C(NC1CCOc2c(Cl)cccc21)C1CCCCN1. The molecule has 2 N–H and O–H groups in total. The van der Waals surface area contributed by atoms with Crippen LogP contribution in [0.15, 0.2) is 18.2 Å². The van der Waals surface area contributed by atoms with Crippen LogP contribution in [0, 0.1) is 0 Å². The molecule has 0 saturated carbocycles. The third-order valence-corrected chi connectivity index (χ3v) is 4.27. The number of carbonyl (C=O) groups is 1. The number of piperidine rings is 1. The van der Waals surface area contributed by atoms with Crippen LogP contribution < -0.4 is 15.4 Å². The number of rotatable bonds is 2. The van der Waals surface area contributed by atoms with Gasteiger partial charge in [-0.15, -0.1) is 12.4 Å². The number of para-hydroxylation sites is 1. The molecule has 2 aliphatic heterocycles. The van der Waals surface area contributed by atoms with Gasteiger partial charge in [0, 0.05) is 12.0 Å². The molecule has 6 heteroatoms. The molecular formula is C15H20Cl2N2O2. The Kier molecular flexibility index (Phi) is 5.73. The molecule has 2 aliphatic rings. The highest BCUT2D eigenvalue weighted by Crippen LogP contribution is 2.37. The lowest BCUT2D eigenvalue weighted by Crippen LogP contribution is -2.48. The van der Waals surface area contributed by atoms with Crippen LogP contribution in [-0.2, 0) is 4.79 Å². The van der Waals surface area contributed by atoms with Gasteiger partial charge in [0.2, 0.25) is 5.91 Å². The van der Waals surface area contributed by atoms with E-state index in [1.165, 1.54) is 0 Å². The van der Waals surface area contributed by atoms with E-state index in [4.69, 9.17) is 16.3 Å². The van der Waals surface area contributed by atoms with Crippen LogP contribution in [0.5, 0.6) is 5.75 Å². The summed E-state index contributed by atoms with van der Waals surface area (Å²) in [6.45, 7) is 1.51. The molecule has 21 heavy (non-hydrogen) atoms. The van der Waals surface area contributed by atoms with Gasteiger partial charge in [-0.05, 0) is 25.5 Å². The van der Waals surface area contributed by atoms with Crippen molar-refractivity contribution in [3.05, 3.63) is 28.8 Å². The van der Waals surface area contributed by atoms with E-state index in [0.29, 0.717) is 17.4 Å². The van der Waals surface area contributed by atoms with E-state index in [1.807, 2.05) is 18.2 Å². The Labute approximate surface area is 136 Å². The van der Waals surface area contributed by atoms with Crippen LogP contribution in [0.25, 0.3) is 0 Å². The van der Waals surface area contributed by atoms with Gasteiger partial charge < -0.3 is 15.4 Å². The van der Waals surface area contributed by atoms with Crippen LogP contribution in [0.1, 0.15) is 37.3 Å². The highest BCUT2D eigenvalue weighted by atomic mass is 35.5. The number of carbonyl (C=O) groups excluding carboxylic acids is 1. The topological polar surface area (TPSA) is 50.4 Å². The Balaban J connectivity index is 0.00000161. The summed E-state index contributed by atoms with van der Waals surface area (Å²) in [7, 11) is 0. The normalized spacial score (nSPS) is 24.2. The van der Waals surface area contributed by atoms with Gasteiger partial charge in [0.25, 0.3) is 0 Å². The largest absolute Gasteiger partial charge is 0.492 e. The lowest BCUT2D eigenvalue weighted by Gasteiger charge is -2.30. The fourth-order valence-electron chi connectivity index (χ4n) is 2.88. The van der Waals surface area contributed by atoms with Gasteiger partial charge in [-0.3, -0.25) is 4.79 Å². The summed E-state index contributed by atoms with van der Waals surface area (Å²) in [4.78, 5) is 12.3. The standard InChI is InChI=1S/C15H19ClN2O2.ClH/c16-11-5-3-4-10-12(7-9-20-14(10)11)18-15(19)13-6-1-2-8-17-13;/h3-5,12-13,17H,1-2,6-9H2,(H,18,19);1H. The molecule has 116 valence electrons. The van der Waals surface area contributed by atoms with E-state index in [9.17, 15) is 4.79 Å². The summed E-state index contributed by atoms with van der Waals surface area (Å²) >= 11 is 6.14. The van der Waals surface area contributed by atoms with Crippen molar-refractivity contribution in [1.29, 1.82) is 0 Å². The molecule has 1 saturated heterocycles. The molecule has 1 aromatic carbocycles. The van der Waals surface area contributed by atoms with E-state index in [-0.39, 0.29) is 30.4 Å². The highest BCUT2D eigenvalue weighted by Gasteiger charge is 2.28. The number of ether oxygens (including phenoxy) is 1. The Morgan fingerprint density at radius 1 is 1.33 bits per heavy atom. The first-order valence-corrected chi connectivity index (χ1v) is 7.58. The van der Waals surface area contributed by atoms with E-state index in [2.05, 4.69) is 10.6 Å². The monoisotopic (exact) mass is 330 g/mol. The number of nitrogens with one attached hydrogen (secondary N) is 2. The van der Waals surface area contributed by atoms with Crippen LogP contribution in [0.3, 0.4) is 0 Å². The maximum Gasteiger partial charge on any atom is 0.237 e. The van der Waals surface area contributed by atoms with Gasteiger partial charge in [0.15, 0.2) is 0 Å². The fourth-order valence-corrected chi connectivity index (χ4v) is 3.12. The second kappa shape index (κ2) is 7.34. The van der Waals surface area contributed by atoms with Crippen molar-refractivity contribution >= 4 is 29.9 Å². The van der Waals surface area contributed by atoms with Crippen LogP contribution in [0.4, 0.5) is 0 Å². The van der Waals surface area contributed by atoms with Crippen molar-refractivity contribution in [2.24, 2.45) is 0 Å². The van der Waals surface area contributed by atoms with Gasteiger partial charge in [-0.2, -0.15) is 0 Å². The number of halogens is 2. The van der Waals surface area contributed by atoms with Crippen LogP contribution >= 0.6 is 24.0 Å². The van der Waals surface area contributed by atoms with Crippen molar-refractivity contribution in [3.63, 3.8) is 0 Å². The molecule has 0 spiro atoms. The molecule has 2 heterocycles. The molecule has 0 aromatic heterocycles. The molecule has 2 atom stereocenters. The number of hydrogen-bond acceptors (Lipinski definition) is 3. The minimum Gasteiger partial charge on any atom is -0.492 e. The second-order valence-electron chi connectivity index (χ2n) is 5.36. The number of benzene rings is 1. The number of fused-ring (bicyclic) bond motifs is 1. The lowest BCUT2D eigenvalue weighted by atomic mass is 9.99. The highest BCUT2D eigenvalue weighted by molar-refractivity contribution is 6.32. The van der Waals surface area contributed by atoms with Gasteiger partial charge in [0.1, 0.15) is 5.75 Å². The predicted octanol–water partition coefficient (Wildman–Crippen LogP) is 2.84. The summed E-state index contributed by atoms with van der Waals surface area (Å²) in [5, 5.41) is 7.01. The van der Waals surface area contributed by atoms with Gasteiger partial charge in [-0.25, -0.2) is 0 Å². The Morgan fingerprint density at radius 2 is 2.19 bits per heavy atom. The third kappa shape index (κ3) is 3.62. The molecule has 1 amide bonds. The first-order valence-electron chi connectivity index (χ1n) is 7.20. The molecule has 0 bridgehead atoms. The molecule has 1 aromatic rings. The van der Waals surface area contributed by atoms with Gasteiger partial charge in [0.05, 0.1) is 23.7 Å². The minimum atomic E-state index is -0.0609. The average molecular weight is 331 g/mol. The third-order valence-electron chi connectivity index (χ3n) is 3.97. The number of amides is 1. The first kappa shape index (κ1) is 16.4. The second-order valence-corrected chi connectivity index (χ2v) is 5.77. The van der Waals surface area contributed by atoms with Crippen LogP contribution in [-0.4, -0.2) is 25.1 Å². The van der Waals surface area contributed by atoms with Gasteiger partial charge >= 0.3 is 0 Å². The molecular weight excluding hydrogens is 311 g/mol. The number of hydrogen-bond donors (Lipinski definition) is 2. The lowest BCUT2D eigenvalue weighted by molar-refractivity contribution is -0.124. The summed E-state index contributed by atoms with van der Waals surface area (Å²) < 4.78 is 5.61. The van der Waals surface area contributed by atoms with E-state index in [1.54, 1.807) is 0 Å². The Morgan fingerprint density at radius 3 is 2.95 bits per heavy atom. The zero-order valence-electron chi connectivity index (χ0n) is 11.7.